The second kappa shape index (κ2) is 7.66. The van der Waals surface area contributed by atoms with E-state index in [2.05, 4.69) is 18.3 Å². The molecule has 1 aromatic carbocycles. The van der Waals surface area contributed by atoms with Crippen molar-refractivity contribution in [2.75, 3.05) is 13.7 Å². The summed E-state index contributed by atoms with van der Waals surface area (Å²) in [6.45, 7) is 7.91. The fourth-order valence-electron chi connectivity index (χ4n) is 2.58. The van der Waals surface area contributed by atoms with Gasteiger partial charge in [-0.25, -0.2) is 0 Å². The first-order chi connectivity index (χ1) is 10.1. The van der Waals surface area contributed by atoms with Crippen LogP contribution >= 0.6 is 0 Å². The standard InChI is InChI=1S/C17H27NO3/c1-12(2)21-16-8-7-14(10-17(16)19-4)11-18-13(3)15-6-5-9-20-15/h7-8,10,12-13,15,18H,5-6,9,11H2,1-4H3. The highest BCUT2D eigenvalue weighted by Crippen LogP contribution is 2.29. The topological polar surface area (TPSA) is 39.7 Å². The molecule has 1 fully saturated rings. The maximum atomic E-state index is 5.73. The second-order valence-electron chi connectivity index (χ2n) is 5.87. The van der Waals surface area contributed by atoms with Crippen LogP contribution in [0.4, 0.5) is 0 Å². The molecule has 1 heterocycles. The number of benzene rings is 1. The average molecular weight is 293 g/mol. The lowest BCUT2D eigenvalue weighted by atomic mass is 10.1. The van der Waals surface area contributed by atoms with Gasteiger partial charge in [-0.05, 0) is 51.3 Å². The fourth-order valence-corrected chi connectivity index (χ4v) is 2.58. The summed E-state index contributed by atoms with van der Waals surface area (Å²) in [5.41, 5.74) is 1.19. The number of nitrogens with one attached hydrogen (secondary N) is 1. The summed E-state index contributed by atoms with van der Waals surface area (Å²) in [6.07, 6.45) is 2.81. The van der Waals surface area contributed by atoms with E-state index in [4.69, 9.17) is 14.2 Å². The summed E-state index contributed by atoms with van der Waals surface area (Å²) in [5, 5.41) is 3.53. The SMILES string of the molecule is COc1cc(CNC(C)C2CCCO2)ccc1OC(C)C. The zero-order chi connectivity index (χ0) is 15.2. The number of hydrogen-bond donors (Lipinski definition) is 1. The Balaban J connectivity index is 1.93. The molecular formula is C17H27NO3. The summed E-state index contributed by atoms with van der Waals surface area (Å²) in [6, 6.07) is 6.46. The van der Waals surface area contributed by atoms with Crippen molar-refractivity contribution in [1.82, 2.24) is 5.32 Å². The van der Waals surface area contributed by atoms with Crippen molar-refractivity contribution < 1.29 is 14.2 Å². The highest BCUT2D eigenvalue weighted by Gasteiger charge is 2.21. The predicted molar refractivity (Wildman–Crippen MR) is 84.0 cm³/mol. The van der Waals surface area contributed by atoms with Gasteiger partial charge in [-0.3, -0.25) is 0 Å². The maximum Gasteiger partial charge on any atom is 0.161 e. The summed E-state index contributed by atoms with van der Waals surface area (Å²) in [4.78, 5) is 0. The van der Waals surface area contributed by atoms with E-state index >= 15 is 0 Å². The minimum Gasteiger partial charge on any atom is -0.493 e. The molecule has 1 aromatic rings. The molecule has 0 saturated carbocycles. The average Bonchev–Trinajstić information content (AvgIpc) is 2.99. The number of methoxy groups -OCH3 is 1. The van der Waals surface area contributed by atoms with Gasteiger partial charge in [-0.2, -0.15) is 0 Å². The lowest BCUT2D eigenvalue weighted by Gasteiger charge is -2.20. The van der Waals surface area contributed by atoms with Crippen LogP contribution in [-0.4, -0.2) is 32.0 Å². The van der Waals surface area contributed by atoms with Crippen LogP contribution in [-0.2, 0) is 11.3 Å². The molecule has 1 aliphatic rings. The first-order valence-corrected chi connectivity index (χ1v) is 7.78. The first-order valence-electron chi connectivity index (χ1n) is 7.78. The van der Waals surface area contributed by atoms with Crippen LogP contribution in [0.1, 0.15) is 39.2 Å². The van der Waals surface area contributed by atoms with Crippen LogP contribution in [0, 0.1) is 0 Å². The van der Waals surface area contributed by atoms with E-state index in [1.807, 2.05) is 26.0 Å². The number of rotatable bonds is 7. The molecule has 4 heteroatoms. The number of hydrogen-bond acceptors (Lipinski definition) is 4. The molecule has 118 valence electrons. The van der Waals surface area contributed by atoms with Gasteiger partial charge in [-0.1, -0.05) is 6.07 Å². The zero-order valence-electron chi connectivity index (χ0n) is 13.5. The van der Waals surface area contributed by atoms with Gasteiger partial charge in [0.05, 0.1) is 19.3 Å². The van der Waals surface area contributed by atoms with Gasteiger partial charge >= 0.3 is 0 Å². The van der Waals surface area contributed by atoms with Crippen LogP contribution < -0.4 is 14.8 Å². The molecule has 0 spiro atoms. The first kappa shape index (κ1) is 16.1. The van der Waals surface area contributed by atoms with Crippen molar-refractivity contribution in [1.29, 1.82) is 0 Å². The molecule has 2 atom stereocenters. The van der Waals surface area contributed by atoms with E-state index in [0.717, 1.165) is 31.1 Å². The van der Waals surface area contributed by atoms with Gasteiger partial charge in [0, 0.05) is 19.2 Å². The third kappa shape index (κ3) is 4.61. The Morgan fingerprint density at radius 1 is 1.29 bits per heavy atom. The molecule has 21 heavy (non-hydrogen) atoms. The number of ether oxygens (including phenoxy) is 3. The molecule has 2 rings (SSSR count). The van der Waals surface area contributed by atoms with Gasteiger partial charge < -0.3 is 19.5 Å². The van der Waals surface area contributed by atoms with Gasteiger partial charge in [-0.15, -0.1) is 0 Å². The lowest BCUT2D eigenvalue weighted by molar-refractivity contribution is 0.0832. The summed E-state index contributed by atoms with van der Waals surface area (Å²) >= 11 is 0. The van der Waals surface area contributed by atoms with E-state index in [-0.39, 0.29) is 6.10 Å². The van der Waals surface area contributed by atoms with Crippen LogP contribution in [0.15, 0.2) is 18.2 Å². The molecule has 1 saturated heterocycles. The minimum atomic E-state index is 0.141. The van der Waals surface area contributed by atoms with Gasteiger partial charge in [0.25, 0.3) is 0 Å². The Morgan fingerprint density at radius 3 is 2.71 bits per heavy atom. The van der Waals surface area contributed by atoms with E-state index in [1.165, 1.54) is 12.0 Å². The van der Waals surface area contributed by atoms with E-state index < -0.39 is 0 Å². The van der Waals surface area contributed by atoms with Crippen molar-refractivity contribution in [2.24, 2.45) is 0 Å². The second-order valence-corrected chi connectivity index (χ2v) is 5.87. The molecule has 2 unspecified atom stereocenters. The van der Waals surface area contributed by atoms with Crippen molar-refractivity contribution in [3.05, 3.63) is 23.8 Å². The zero-order valence-corrected chi connectivity index (χ0v) is 13.5. The van der Waals surface area contributed by atoms with Gasteiger partial charge in [0.1, 0.15) is 0 Å². The van der Waals surface area contributed by atoms with E-state index in [0.29, 0.717) is 12.1 Å². The van der Waals surface area contributed by atoms with Crippen LogP contribution in [0.2, 0.25) is 0 Å². The van der Waals surface area contributed by atoms with Crippen molar-refractivity contribution in [3.63, 3.8) is 0 Å². The maximum absolute atomic E-state index is 5.73. The Morgan fingerprint density at radius 2 is 2.10 bits per heavy atom. The summed E-state index contributed by atoms with van der Waals surface area (Å²) in [5.74, 6) is 1.58. The van der Waals surface area contributed by atoms with Crippen LogP contribution in [0.25, 0.3) is 0 Å². The van der Waals surface area contributed by atoms with E-state index in [9.17, 15) is 0 Å². The highest BCUT2D eigenvalue weighted by atomic mass is 16.5. The Labute approximate surface area is 127 Å². The predicted octanol–water partition coefficient (Wildman–Crippen LogP) is 3.14. The fraction of sp³-hybridized carbons (Fsp3) is 0.647. The van der Waals surface area contributed by atoms with Crippen molar-refractivity contribution >= 4 is 0 Å². The summed E-state index contributed by atoms with van der Waals surface area (Å²) in [7, 11) is 1.68. The molecule has 4 nitrogen and oxygen atoms in total. The molecule has 0 radical (unpaired) electrons. The molecule has 0 amide bonds. The molecule has 1 N–H and O–H groups in total. The molecule has 0 aliphatic carbocycles. The molecular weight excluding hydrogens is 266 g/mol. The molecule has 1 aliphatic heterocycles. The third-order valence-corrected chi connectivity index (χ3v) is 3.74. The van der Waals surface area contributed by atoms with Crippen molar-refractivity contribution in [2.45, 2.75) is 58.4 Å². The monoisotopic (exact) mass is 293 g/mol. The highest BCUT2D eigenvalue weighted by molar-refractivity contribution is 5.43. The van der Waals surface area contributed by atoms with Gasteiger partial charge in [0.2, 0.25) is 0 Å². The van der Waals surface area contributed by atoms with Crippen LogP contribution in [0.5, 0.6) is 11.5 Å². The van der Waals surface area contributed by atoms with Crippen LogP contribution in [0.3, 0.4) is 0 Å². The largest absolute Gasteiger partial charge is 0.493 e. The van der Waals surface area contributed by atoms with Crippen molar-refractivity contribution in [3.8, 4) is 11.5 Å². The summed E-state index contributed by atoms with van der Waals surface area (Å²) < 4.78 is 16.9. The van der Waals surface area contributed by atoms with E-state index in [1.54, 1.807) is 7.11 Å². The molecule has 0 aromatic heterocycles. The Kier molecular flexibility index (Phi) is 5.88. The quantitative estimate of drug-likeness (QED) is 0.838. The minimum absolute atomic E-state index is 0.141. The molecule has 0 bridgehead atoms. The Bertz CT molecular complexity index is 442. The normalized spacial score (nSPS) is 19.8. The third-order valence-electron chi connectivity index (χ3n) is 3.74. The Hall–Kier alpha value is -1.26. The van der Waals surface area contributed by atoms with Gasteiger partial charge in [0.15, 0.2) is 11.5 Å². The smallest absolute Gasteiger partial charge is 0.161 e. The lowest BCUT2D eigenvalue weighted by Crippen LogP contribution is -2.36.